The lowest BCUT2D eigenvalue weighted by Gasteiger charge is -2.15. The first-order chi connectivity index (χ1) is 8.10. The summed E-state index contributed by atoms with van der Waals surface area (Å²) >= 11 is 0. The number of nitrogens with two attached hydrogens (primary N) is 2. The van der Waals surface area contributed by atoms with E-state index in [1.54, 1.807) is 0 Å². The summed E-state index contributed by atoms with van der Waals surface area (Å²) in [6, 6.07) is 5.94. The van der Waals surface area contributed by atoms with Crippen molar-refractivity contribution in [2.75, 3.05) is 6.54 Å². The van der Waals surface area contributed by atoms with Gasteiger partial charge in [0.05, 0.1) is 0 Å². The van der Waals surface area contributed by atoms with Gasteiger partial charge in [-0.2, -0.15) is 0 Å². The zero-order chi connectivity index (χ0) is 12.4. The Kier molecular flexibility index (Phi) is 3.45. The zero-order valence-electron chi connectivity index (χ0n) is 10.3. The van der Waals surface area contributed by atoms with E-state index < -0.39 is 0 Å². The molecule has 0 bridgehead atoms. The minimum atomic E-state index is 0.00922. The maximum atomic E-state index is 6.16. The molecule has 1 aromatic carbocycles. The summed E-state index contributed by atoms with van der Waals surface area (Å²) < 4.78 is 5.43. The second kappa shape index (κ2) is 4.85. The van der Waals surface area contributed by atoms with Crippen molar-refractivity contribution >= 4 is 11.1 Å². The number of benzene rings is 1. The van der Waals surface area contributed by atoms with Gasteiger partial charge in [-0.05, 0) is 36.6 Å². The summed E-state index contributed by atoms with van der Waals surface area (Å²) in [5.74, 6) is 1.11. The third-order valence-corrected chi connectivity index (χ3v) is 3.01. The van der Waals surface area contributed by atoms with Gasteiger partial charge in [0, 0.05) is 13.0 Å². The summed E-state index contributed by atoms with van der Waals surface area (Å²) in [6.45, 7) is 4.62. The second-order valence-electron chi connectivity index (χ2n) is 4.64. The minimum Gasteiger partial charge on any atom is -0.441 e. The highest BCUT2D eigenvalue weighted by atomic mass is 16.3. The molecule has 0 amide bonds. The molecule has 0 saturated carbocycles. The fraction of sp³-hybridized carbons (Fsp3) is 0.462. The van der Waals surface area contributed by atoms with Crippen LogP contribution in [0.15, 0.2) is 22.6 Å². The van der Waals surface area contributed by atoms with E-state index >= 15 is 0 Å². The summed E-state index contributed by atoms with van der Waals surface area (Å²) in [7, 11) is 0. The molecule has 4 heteroatoms. The SMILES string of the molecule is Cc1nc2cc(C(N)CC(C)CN)ccc2o1. The molecule has 0 fully saturated rings. The molecule has 1 heterocycles. The predicted octanol–water partition coefficient (Wildman–Crippen LogP) is 2.12. The van der Waals surface area contributed by atoms with Gasteiger partial charge in [0.15, 0.2) is 11.5 Å². The van der Waals surface area contributed by atoms with E-state index in [0.29, 0.717) is 18.4 Å². The largest absolute Gasteiger partial charge is 0.441 e. The van der Waals surface area contributed by atoms with Gasteiger partial charge in [0.2, 0.25) is 0 Å². The number of aromatic nitrogens is 1. The van der Waals surface area contributed by atoms with Gasteiger partial charge in [-0.1, -0.05) is 13.0 Å². The van der Waals surface area contributed by atoms with Crippen LogP contribution in [-0.2, 0) is 0 Å². The van der Waals surface area contributed by atoms with E-state index in [-0.39, 0.29) is 6.04 Å². The Balaban J connectivity index is 2.23. The van der Waals surface area contributed by atoms with E-state index in [1.165, 1.54) is 0 Å². The number of aryl methyl sites for hydroxylation is 1. The maximum absolute atomic E-state index is 6.16. The summed E-state index contributed by atoms with van der Waals surface area (Å²) in [5.41, 5.74) is 14.5. The Morgan fingerprint density at radius 1 is 1.41 bits per heavy atom. The third-order valence-electron chi connectivity index (χ3n) is 3.01. The zero-order valence-corrected chi connectivity index (χ0v) is 10.3. The fourth-order valence-corrected chi connectivity index (χ4v) is 1.96. The Hall–Kier alpha value is -1.39. The average molecular weight is 233 g/mol. The monoisotopic (exact) mass is 233 g/mol. The van der Waals surface area contributed by atoms with Gasteiger partial charge in [-0.15, -0.1) is 0 Å². The van der Waals surface area contributed by atoms with Crippen molar-refractivity contribution in [2.45, 2.75) is 26.3 Å². The highest BCUT2D eigenvalue weighted by Gasteiger charge is 2.12. The highest BCUT2D eigenvalue weighted by molar-refractivity contribution is 5.73. The molecule has 2 atom stereocenters. The molecule has 1 aromatic heterocycles. The molecule has 0 spiro atoms. The molecule has 4 N–H and O–H groups in total. The van der Waals surface area contributed by atoms with Gasteiger partial charge in [-0.25, -0.2) is 4.98 Å². The Morgan fingerprint density at radius 3 is 2.88 bits per heavy atom. The highest BCUT2D eigenvalue weighted by Crippen LogP contribution is 2.23. The van der Waals surface area contributed by atoms with Crippen LogP contribution < -0.4 is 11.5 Å². The van der Waals surface area contributed by atoms with Crippen LogP contribution in [0.2, 0.25) is 0 Å². The molecular weight excluding hydrogens is 214 g/mol. The molecule has 0 aliphatic carbocycles. The average Bonchev–Trinajstić information content (AvgIpc) is 2.67. The standard InChI is InChI=1S/C13H19N3O/c1-8(7-14)5-11(15)10-3-4-13-12(6-10)16-9(2)17-13/h3-4,6,8,11H,5,7,14-15H2,1-2H3. The molecule has 2 aromatic rings. The molecule has 0 radical (unpaired) electrons. The van der Waals surface area contributed by atoms with Crippen molar-refractivity contribution in [2.24, 2.45) is 17.4 Å². The van der Waals surface area contributed by atoms with Gasteiger partial charge < -0.3 is 15.9 Å². The van der Waals surface area contributed by atoms with Crippen LogP contribution >= 0.6 is 0 Å². The third kappa shape index (κ3) is 2.65. The van der Waals surface area contributed by atoms with E-state index in [0.717, 1.165) is 23.1 Å². The van der Waals surface area contributed by atoms with Crippen LogP contribution in [0.1, 0.15) is 30.8 Å². The van der Waals surface area contributed by atoms with E-state index in [4.69, 9.17) is 15.9 Å². The molecule has 2 rings (SSSR count). The molecule has 2 unspecified atom stereocenters. The Morgan fingerprint density at radius 2 is 2.18 bits per heavy atom. The van der Waals surface area contributed by atoms with Crippen LogP contribution in [0.5, 0.6) is 0 Å². The number of nitrogens with zero attached hydrogens (tertiary/aromatic N) is 1. The smallest absolute Gasteiger partial charge is 0.192 e. The molecule has 4 nitrogen and oxygen atoms in total. The van der Waals surface area contributed by atoms with Crippen LogP contribution in [-0.4, -0.2) is 11.5 Å². The molecule has 0 saturated heterocycles. The molecule has 17 heavy (non-hydrogen) atoms. The fourth-order valence-electron chi connectivity index (χ4n) is 1.96. The number of hydrogen-bond acceptors (Lipinski definition) is 4. The predicted molar refractivity (Wildman–Crippen MR) is 68.5 cm³/mol. The Labute approximate surface area is 101 Å². The van der Waals surface area contributed by atoms with Crippen LogP contribution in [0.4, 0.5) is 0 Å². The lowest BCUT2D eigenvalue weighted by molar-refractivity contribution is 0.482. The van der Waals surface area contributed by atoms with Gasteiger partial charge in [0.1, 0.15) is 5.52 Å². The van der Waals surface area contributed by atoms with Crippen molar-refractivity contribution in [3.63, 3.8) is 0 Å². The second-order valence-corrected chi connectivity index (χ2v) is 4.64. The van der Waals surface area contributed by atoms with Gasteiger partial charge >= 0.3 is 0 Å². The Bertz CT molecular complexity index is 506. The van der Waals surface area contributed by atoms with Crippen molar-refractivity contribution < 1.29 is 4.42 Å². The van der Waals surface area contributed by atoms with E-state index in [1.807, 2.05) is 25.1 Å². The normalized spacial score (nSPS) is 15.1. The quantitative estimate of drug-likeness (QED) is 0.847. The first-order valence-corrected chi connectivity index (χ1v) is 5.93. The molecule has 0 aliphatic rings. The summed E-state index contributed by atoms with van der Waals surface area (Å²) in [5, 5.41) is 0. The van der Waals surface area contributed by atoms with E-state index in [2.05, 4.69) is 11.9 Å². The lowest BCUT2D eigenvalue weighted by atomic mass is 9.96. The summed E-state index contributed by atoms with van der Waals surface area (Å²) in [4.78, 5) is 4.31. The van der Waals surface area contributed by atoms with Gasteiger partial charge in [0.25, 0.3) is 0 Å². The number of fused-ring (bicyclic) bond motifs is 1. The number of hydrogen-bond donors (Lipinski definition) is 2. The van der Waals surface area contributed by atoms with Crippen molar-refractivity contribution in [1.29, 1.82) is 0 Å². The minimum absolute atomic E-state index is 0.00922. The number of oxazole rings is 1. The van der Waals surface area contributed by atoms with Crippen molar-refractivity contribution in [3.05, 3.63) is 29.7 Å². The first-order valence-electron chi connectivity index (χ1n) is 5.93. The summed E-state index contributed by atoms with van der Waals surface area (Å²) in [6.07, 6.45) is 0.888. The molecule has 0 aliphatic heterocycles. The molecular formula is C13H19N3O. The first kappa shape index (κ1) is 12.1. The van der Waals surface area contributed by atoms with Crippen LogP contribution in [0, 0.1) is 12.8 Å². The van der Waals surface area contributed by atoms with Crippen molar-refractivity contribution in [3.8, 4) is 0 Å². The lowest BCUT2D eigenvalue weighted by Crippen LogP contribution is -2.19. The van der Waals surface area contributed by atoms with Crippen LogP contribution in [0.3, 0.4) is 0 Å². The topological polar surface area (TPSA) is 78.1 Å². The number of rotatable bonds is 4. The van der Waals surface area contributed by atoms with E-state index in [9.17, 15) is 0 Å². The van der Waals surface area contributed by atoms with Gasteiger partial charge in [-0.3, -0.25) is 0 Å². The maximum Gasteiger partial charge on any atom is 0.192 e. The molecule has 92 valence electrons. The van der Waals surface area contributed by atoms with Crippen molar-refractivity contribution in [1.82, 2.24) is 4.98 Å². The van der Waals surface area contributed by atoms with Crippen LogP contribution in [0.25, 0.3) is 11.1 Å².